The molecule has 0 radical (unpaired) electrons. The fraction of sp³-hybridized carbons (Fsp3) is 0.261. The number of aromatic nitrogens is 1. The zero-order valence-electron chi connectivity index (χ0n) is 17.4. The number of methoxy groups -OCH3 is 3. The molecular weight excluding hydrogens is 404 g/mol. The van der Waals surface area contributed by atoms with Gasteiger partial charge in [0.1, 0.15) is 12.4 Å². The van der Waals surface area contributed by atoms with Gasteiger partial charge in [-0.05, 0) is 29.8 Å². The van der Waals surface area contributed by atoms with Crippen molar-refractivity contribution in [3.8, 4) is 23.0 Å². The third kappa shape index (κ3) is 6.02. The first-order valence-electron chi connectivity index (χ1n) is 9.34. The molecule has 160 valence electrons. The van der Waals surface area contributed by atoms with Gasteiger partial charge in [0.15, 0.2) is 11.5 Å². The van der Waals surface area contributed by atoms with Gasteiger partial charge in [-0.2, -0.15) is 0 Å². The van der Waals surface area contributed by atoms with Crippen molar-refractivity contribution in [2.45, 2.75) is 19.7 Å². The van der Waals surface area contributed by atoms with Crippen LogP contribution in [0.5, 0.6) is 23.0 Å². The summed E-state index contributed by atoms with van der Waals surface area (Å²) in [5.74, 6) is 2.73. The zero-order valence-corrected chi connectivity index (χ0v) is 18.2. The smallest absolute Gasteiger partial charge is 0.203 e. The van der Waals surface area contributed by atoms with Crippen LogP contribution in [-0.4, -0.2) is 26.3 Å². The lowest BCUT2D eigenvalue weighted by Gasteiger charge is -2.15. The van der Waals surface area contributed by atoms with Crippen LogP contribution in [0.25, 0.3) is 0 Å². The highest BCUT2D eigenvalue weighted by Crippen LogP contribution is 2.38. The van der Waals surface area contributed by atoms with Gasteiger partial charge >= 0.3 is 0 Å². The summed E-state index contributed by atoms with van der Waals surface area (Å²) < 4.78 is 22.2. The molecule has 0 amide bonds. The Labute approximate surface area is 183 Å². The second-order valence-electron chi connectivity index (χ2n) is 6.39. The average Bonchev–Trinajstić information content (AvgIpc) is 2.78. The van der Waals surface area contributed by atoms with Gasteiger partial charge in [-0.15, -0.1) is 12.4 Å². The summed E-state index contributed by atoms with van der Waals surface area (Å²) in [5, 5.41) is 3.45. The summed E-state index contributed by atoms with van der Waals surface area (Å²) in [6, 6.07) is 15.8. The van der Waals surface area contributed by atoms with Crippen LogP contribution in [0.1, 0.15) is 16.7 Å². The van der Waals surface area contributed by atoms with Gasteiger partial charge in [-0.25, -0.2) is 0 Å². The molecule has 0 bridgehead atoms. The van der Waals surface area contributed by atoms with Gasteiger partial charge in [0.25, 0.3) is 0 Å². The van der Waals surface area contributed by atoms with Gasteiger partial charge in [0.2, 0.25) is 5.75 Å². The van der Waals surface area contributed by atoms with Crippen molar-refractivity contribution in [1.29, 1.82) is 0 Å². The third-order valence-corrected chi connectivity index (χ3v) is 4.46. The van der Waals surface area contributed by atoms with E-state index >= 15 is 0 Å². The highest BCUT2D eigenvalue weighted by molar-refractivity contribution is 5.85. The molecule has 30 heavy (non-hydrogen) atoms. The van der Waals surface area contributed by atoms with E-state index in [4.69, 9.17) is 18.9 Å². The molecule has 0 aliphatic rings. The maximum atomic E-state index is 5.99. The van der Waals surface area contributed by atoms with Gasteiger partial charge in [-0.1, -0.05) is 24.3 Å². The summed E-state index contributed by atoms with van der Waals surface area (Å²) in [6.07, 6.45) is 3.57. The maximum absolute atomic E-state index is 5.99. The Morgan fingerprint density at radius 2 is 1.53 bits per heavy atom. The molecule has 0 fully saturated rings. The quantitative estimate of drug-likeness (QED) is 0.514. The molecule has 0 unspecified atom stereocenters. The number of para-hydroxylation sites is 1. The largest absolute Gasteiger partial charge is 0.493 e. The number of nitrogens with one attached hydrogen (secondary N) is 1. The second kappa shape index (κ2) is 11.9. The average molecular weight is 431 g/mol. The van der Waals surface area contributed by atoms with Crippen LogP contribution in [0.15, 0.2) is 60.9 Å². The first kappa shape index (κ1) is 23.3. The van der Waals surface area contributed by atoms with Crippen molar-refractivity contribution >= 4 is 12.4 Å². The minimum atomic E-state index is 0. The molecule has 0 aliphatic carbocycles. The molecule has 3 rings (SSSR count). The van der Waals surface area contributed by atoms with E-state index in [9.17, 15) is 0 Å². The normalized spacial score (nSPS) is 10.1. The lowest BCUT2D eigenvalue weighted by Crippen LogP contribution is -2.14. The standard InChI is InChI=1S/C23H26N2O4.ClH/c1-26-21-11-18(12-22(27-2)23(21)28-3)14-25-15-19-8-4-5-9-20(19)29-16-17-7-6-10-24-13-17;/h4-13,25H,14-16H2,1-3H3;1H. The Kier molecular flexibility index (Phi) is 9.25. The van der Waals surface area contributed by atoms with Crippen LogP contribution in [0.4, 0.5) is 0 Å². The lowest BCUT2D eigenvalue weighted by atomic mass is 10.1. The third-order valence-electron chi connectivity index (χ3n) is 4.46. The number of pyridine rings is 1. The molecule has 0 saturated heterocycles. The highest BCUT2D eigenvalue weighted by atomic mass is 35.5. The Morgan fingerprint density at radius 3 is 2.17 bits per heavy atom. The molecule has 0 aliphatic heterocycles. The zero-order chi connectivity index (χ0) is 20.5. The number of nitrogens with zero attached hydrogens (tertiary/aromatic N) is 1. The Morgan fingerprint density at radius 1 is 0.800 bits per heavy atom. The molecule has 1 N–H and O–H groups in total. The number of rotatable bonds is 10. The molecular formula is C23H27ClN2O4. The fourth-order valence-corrected chi connectivity index (χ4v) is 3.01. The van der Waals surface area contributed by atoms with Crippen molar-refractivity contribution in [2.24, 2.45) is 0 Å². The van der Waals surface area contributed by atoms with E-state index in [-0.39, 0.29) is 12.4 Å². The van der Waals surface area contributed by atoms with Crippen LogP contribution in [-0.2, 0) is 19.7 Å². The maximum Gasteiger partial charge on any atom is 0.203 e. The molecule has 1 heterocycles. The number of hydrogen-bond acceptors (Lipinski definition) is 6. The van der Waals surface area contributed by atoms with Crippen molar-refractivity contribution in [3.05, 3.63) is 77.6 Å². The topological polar surface area (TPSA) is 61.8 Å². The molecule has 0 atom stereocenters. The molecule has 0 saturated carbocycles. The monoisotopic (exact) mass is 430 g/mol. The van der Waals surface area contributed by atoms with E-state index < -0.39 is 0 Å². The van der Waals surface area contributed by atoms with Gasteiger partial charge < -0.3 is 24.3 Å². The minimum Gasteiger partial charge on any atom is -0.493 e. The molecule has 7 heteroatoms. The van der Waals surface area contributed by atoms with Crippen LogP contribution in [0, 0.1) is 0 Å². The summed E-state index contributed by atoms with van der Waals surface area (Å²) >= 11 is 0. The highest BCUT2D eigenvalue weighted by Gasteiger charge is 2.13. The Bertz CT molecular complexity index is 897. The van der Waals surface area contributed by atoms with Gasteiger partial charge in [0, 0.05) is 36.6 Å². The summed E-state index contributed by atoms with van der Waals surface area (Å²) in [4.78, 5) is 4.12. The van der Waals surface area contributed by atoms with E-state index in [1.54, 1.807) is 27.5 Å². The van der Waals surface area contributed by atoms with E-state index in [2.05, 4.69) is 16.4 Å². The predicted molar refractivity (Wildman–Crippen MR) is 119 cm³/mol. The molecule has 0 spiro atoms. The van der Waals surface area contributed by atoms with Crippen molar-refractivity contribution < 1.29 is 18.9 Å². The Balaban J connectivity index is 0.00000320. The van der Waals surface area contributed by atoms with E-state index in [1.165, 1.54) is 0 Å². The van der Waals surface area contributed by atoms with Crippen LogP contribution in [0.3, 0.4) is 0 Å². The first-order valence-corrected chi connectivity index (χ1v) is 9.34. The molecule has 3 aromatic rings. The van der Waals surface area contributed by atoms with Crippen molar-refractivity contribution in [1.82, 2.24) is 10.3 Å². The number of ether oxygens (including phenoxy) is 4. The summed E-state index contributed by atoms with van der Waals surface area (Å²) in [7, 11) is 4.83. The predicted octanol–water partition coefficient (Wildman–Crippen LogP) is 4.40. The van der Waals surface area contributed by atoms with E-state index in [0.717, 1.165) is 22.4 Å². The van der Waals surface area contributed by atoms with E-state index in [0.29, 0.717) is 36.9 Å². The number of halogens is 1. The van der Waals surface area contributed by atoms with Crippen LogP contribution >= 0.6 is 12.4 Å². The Hall–Kier alpha value is -2.96. The van der Waals surface area contributed by atoms with Crippen LogP contribution < -0.4 is 24.3 Å². The van der Waals surface area contributed by atoms with E-state index in [1.807, 2.05) is 48.7 Å². The van der Waals surface area contributed by atoms with Crippen LogP contribution in [0.2, 0.25) is 0 Å². The summed E-state index contributed by atoms with van der Waals surface area (Å²) in [6.45, 7) is 1.80. The molecule has 2 aromatic carbocycles. The SMILES string of the molecule is COc1cc(CNCc2ccccc2OCc2cccnc2)cc(OC)c1OC.Cl. The van der Waals surface area contributed by atoms with Crippen molar-refractivity contribution in [3.63, 3.8) is 0 Å². The molecule has 1 aromatic heterocycles. The summed E-state index contributed by atoms with van der Waals surface area (Å²) in [5.41, 5.74) is 3.16. The molecule has 6 nitrogen and oxygen atoms in total. The first-order chi connectivity index (χ1) is 14.2. The van der Waals surface area contributed by atoms with Crippen molar-refractivity contribution in [2.75, 3.05) is 21.3 Å². The van der Waals surface area contributed by atoms with Gasteiger partial charge in [0.05, 0.1) is 21.3 Å². The minimum absolute atomic E-state index is 0. The fourth-order valence-electron chi connectivity index (χ4n) is 3.01. The van der Waals surface area contributed by atoms with Gasteiger partial charge in [-0.3, -0.25) is 4.98 Å². The number of hydrogen-bond donors (Lipinski definition) is 1. The second-order valence-corrected chi connectivity index (χ2v) is 6.39. The number of benzene rings is 2. The lowest BCUT2D eigenvalue weighted by molar-refractivity contribution is 0.301.